The van der Waals surface area contributed by atoms with Crippen LogP contribution in [0.1, 0.15) is 23.2 Å². The fourth-order valence-corrected chi connectivity index (χ4v) is 3.46. The molecule has 0 fully saturated rings. The molecule has 27 heavy (non-hydrogen) atoms. The average molecular weight is 381 g/mol. The van der Waals surface area contributed by atoms with E-state index in [-0.39, 0.29) is 30.6 Å². The topological polar surface area (TPSA) is 113 Å². The van der Waals surface area contributed by atoms with Crippen molar-refractivity contribution in [2.45, 2.75) is 18.9 Å². The van der Waals surface area contributed by atoms with Crippen molar-refractivity contribution in [3.63, 3.8) is 0 Å². The SMILES string of the molecule is O=C(CCC1NC(=O)c2ccccc2NC1=O)Nc1cccc2nsnc12. The Hall–Kier alpha value is -3.33. The zero-order valence-corrected chi connectivity index (χ0v) is 14.9. The molecule has 0 bridgehead atoms. The summed E-state index contributed by atoms with van der Waals surface area (Å²) in [4.78, 5) is 37.0. The highest BCUT2D eigenvalue weighted by atomic mass is 32.1. The molecule has 2 aromatic carbocycles. The van der Waals surface area contributed by atoms with Crippen molar-refractivity contribution in [3.05, 3.63) is 48.0 Å². The van der Waals surface area contributed by atoms with Gasteiger partial charge in [-0.2, -0.15) is 8.75 Å². The quantitative estimate of drug-likeness (QED) is 0.641. The summed E-state index contributed by atoms with van der Waals surface area (Å²) in [5.74, 6) is -0.945. The highest BCUT2D eigenvalue weighted by Gasteiger charge is 2.27. The van der Waals surface area contributed by atoms with Gasteiger partial charge in [0.1, 0.15) is 17.1 Å². The number of benzene rings is 2. The molecule has 3 N–H and O–H groups in total. The molecule has 4 rings (SSSR count). The lowest BCUT2D eigenvalue weighted by molar-refractivity contribution is -0.118. The van der Waals surface area contributed by atoms with Crippen molar-refractivity contribution < 1.29 is 14.4 Å². The van der Waals surface area contributed by atoms with Gasteiger partial charge in [0, 0.05) is 6.42 Å². The van der Waals surface area contributed by atoms with Crippen LogP contribution in [0.2, 0.25) is 0 Å². The van der Waals surface area contributed by atoms with Crippen molar-refractivity contribution in [2.24, 2.45) is 0 Å². The molecule has 0 spiro atoms. The van der Waals surface area contributed by atoms with E-state index in [9.17, 15) is 14.4 Å². The number of para-hydroxylation sites is 1. The Morgan fingerprint density at radius 3 is 2.85 bits per heavy atom. The predicted octanol–water partition coefficient (Wildman–Crippen LogP) is 2.16. The molecule has 1 aromatic heterocycles. The molecule has 2 heterocycles. The molecule has 0 saturated carbocycles. The number of hydrogen-bond donors (Lipinski definition) is 3. The Labute approximate surface area is 158 Å². The zero-order chi connectivity index (χ0) is 18.8. The van der Waals surface area contributed by atoms with Crippen molar-refractivity contribution in [1.82, 2.24) is 14.1 Å². The summed E-state index contributed by atoms with van der Waals surface area (Å²) < 4.78 is 8.31. The Balaban J connectivity index is 1.41. The second-order valence-corrected chi connectivity index (χ2v) is 6.61. The molecule has 1 atom stereocenters. The molecular formula is C18H15N5O3S. The Bertz CT molecular complexity index is 1050. The first-order valence-electron chi connectivity index (χ1n) is 8.34. The Morgan fingerprint density at radius 2 is 1.96 bits per heavy atom. The summed E-state index contributed by atoms with van der Waals surface area (Å²) >= 11 is 1.08. The van der Waals surface area contributed by atoms with Crippen LogP contribution in [0, 0.1) is 0 Å². The summed E-state index contributed by atoms with van der Waals surface area (Å²) in [7, 11) is 0. The lowest BCUT2D eigenvalue weighted by atomic mass is 10.1. The minimum atomic E-state index is -0.785. The highest BCUT2D eigenvalue weighted by Crippen LogP contribution is 2.22. The van der Waals surface area contributed by atoms with Gasteiger partial charge < -0.3 is 16.0 Å². The van der Waals surface area contributed by atoms with E-state index in [0.717, 1.165) is 11.7 Å². The minimum Gasteiger partial charge on any atom is -0.340 e. The van der Waals surface area contributed by atoms with Crippen LogP contribution in [0.15, 0.2) is 42.5 Å². The maximum atomic E-state index is 12.4. The van der Waals surface area contributed by atoms with Gasteiger partial charge >= 0.3 is 0 Å². The smallest absolute Gasteiger partial charge is 0.254 e. The molecular weight excluding hydrogens is 366 g/mol. The number of anilines is 2. The van der Waals surface area contributed by atoms with Crippen LogP contribution in [0.4, 0.5) is 11.4 Å². The van der Waals surface area contributed by atoms with E-state index in [2.05, 4.69) is 24.7 Å². The van der Waals surface area contributed by atoms with Gasteiger partial charge in [-0.1, -0.05) is 18.2 Å². The summed E-state index contributed by atoms with van der Waals surface area (Å²) in [6, 6.07) is 11.4. The number of aromatic nitrogens is 2. The highest BCUT2D eigenvalue weighted by molar-refractivity contribution is 7.00. The van der Waals surface area contributed by atoms with Gasteiger partial charge in [0.05, 0.1) is 28.7 Å². The first-order chi connectivity index (χ1) is 13.1. The summed E-state index contributed by atoms with van der Waals surface area (Å²) in [6.07, 6.45) is 0.255. The molecule has 9 heteroatoms. The molecule has 8 nitrogen and oxygen atoms in total. The monoisotopic (exact) mass is 381 g/mol. The van der Waals surface area contributed by atoms with E-state index in [4.69, 9.17) is 0 Å². The van der Waals surface area contributed by atoms with Crippen molar-refractivity contribution in [1.29, 1.82) is 0 Å². The van der Waals surface area contributed by atoms with Gasteiger partial charge in [-0.05, 0) is 30.7 Å². The fourth-order valence-electron chi connectivity index (χ4n) is 2.91. The largest absolute Gasteiger partial charge is 0.340 e. The summed E-state index contributed by atoms with van der Waals surface area (Å²) in [6.45, 7) is 0. The predicted molar refractivity (Wildman–Crippen MR) is 102 cm³/mol. The number of carbonyl (C=O) groups excluding carboxylic acids is 3. The summed E-state index contributed by atoms with van der Waals surface area (Å²) in [5, 5.41) is 8.19. The summed E-state index contributed by atoms with van der Waals surface area (Å²) in [5.41, 5.74) is 2.79. The van der Waals surface area contributed by atoms with E-state index in [1.54, 1.807) is 36.4 Å². The zero-order valence-electron chi connectivity index (χ0n) is 14.1. The molecule has 0 aliphatic carbocycles. The second-order valence-electron chi connectivity index (χ2n) is 6.09. The third-order valence-corrected chi connectivity index (χ3v) is 4.81. The van der Waals surface area contributed by atoms with E-state index in [0.29, 0.717) is 28.0 Å². The van der Waals surface area contributed by atoms with E-state index < -0.39 is 6.04 Å². The molecule has 1 unspecified atom stereocenters. The minimum absolute atomic E-state index is 0.0721. The Morgan fingerprint density at radius 1 is 1.11 bits per heavy atom. The van der Waals surface area contributed by atoms with E-state index in [1.807, 2.05) is 6.07 Å². The standard InChI is InChI=1S/C18H15N5O3S/c24-15(19-12-6-3-7-13-16(12)23-27-22-13)9-8-14-18(26)20-11-5-2-1-4-10(11)17(25)21-14/h1-7,14H,8-9H2,(H,19,24)(H,20,26)(H,21,25). The normalized spacial score (nSPS) is 16.2. The third-order valence-electron chi connectivity index (χ3n) is 4.27. The number of rotatable bonds is 4. The van der Waals surface area contributed by atoms with E-state index >= 15 is 0 Å². The van der Waals surface area contributed by atoms with Crippen LogP contribution < -0.4 is 16.0 Å². The van der Waals surface area contributed by atoms with Gasteiger partial charge in [0.2, 0.25) is 11.8 Å². The molecule has 3 amide bonds. The van der Waals surface area contributed by atoms with Crippen LogP contribution in [-0.2, 0) is 9.59 Å². The van der Waals surface area contributed by atoms with Crippen LogP contribution in [0.5, 0.6) is 0 Å². The van der Waals surface area contributed by atoms with Crippen molar-refractivity contribution >= 4 is 51.9 Å². The first-order valence-corrected chi connectivity index (χ1v) is 9.07. The van der Waals surface area contributed by atoms with E-state index in [1.165, 1.54) is 0 Å². The number of hydrogen-bond acceptors (Lipinski definition) is 6. The number of nitrogens with zero attached hydrogens (tertiary/aromatic N) is 2. The number of carbonyl (C=O) groups is 3. The molecule has 136 valence electrons. The lowest BCUT2D eigenvalue weighted by Gasteiger charge is -2.14. The van der Waals surface area contributed by atoms with Gasteiger partial charge in [0.15, 0.2) is 0 Å². The number of fused-ring (bicyclic) bond motifs is 2. The van der Waals surface area contributed by atoms with Crippen LogP contribution in [0.25, 0.3) is 11.0 Å². The van der Waals surface area contributed by atoms with Gasteiger partial charge in [-0.15, -0.1) is 0 Å². The second kappa shape index (κ2) is 7.12. The molecule has 0 saturated heterocycles. The maximum absolute atomic E-state index is 12.4. The average Bonchev–Trinajstić information content (AvgIpc) is 3.10. The molecule has 3 aromatic rings. The third kappa shape index (κ3) is 3.49. The maximum Gasteiger partial charge on any atom is 0.254 e. The Kier molecular flexibility index (Phi) is 4.51. The molecule has 0 radical (unpaired) electrons. The fraction of sp³-hybridized carbons (Fsp3) is 0.167. The van der Waals surface area contributed by atoms with Crippen LogP contribution in [0.3, 0.4) is 0 Å². The van der Waals surface area contributed by atoms with Gasteiger partial charge in [-0.25, -0.2) is 0 Å². The van der Waals surface area contributed by atoms with Crippen LogP contribution >= 0.6 is 11.7 Å². The lowest BCUT2D eigenvalue weighted by Crippen LogP contribution is -2.41. The van der Waals surface area contributed by atoms with Crippen molar-refractivity contribution in [2.75, 3.05) is 10.6 Å². The van der Waals surface area contributed by atoms with Crippen LogP contribution in [-0.4, -0.2) is 32.5 Å². The van der Waals surface area contributed by atoms with Gasteiger partial charge in [-0.3, -0.25) is 14.4 Å². The number of amides is 3. The van der Waals surface area contributed by atoms with Crippen molar-refractivity contribution in [3.8, 4) is 0 Å². The first kappa shape index (κ1) is 17.1. The van der Waals surface area contributed by atoms with Gasteiger partial charge in [0.25, 0.3) is 5.91 Å². The molecule has 1 aliphatic heterocycles. The molecule has 1 aliphatic rings. The number of nitrogens with one attached hydrogen (secondary N) is 3.